The van der Waals surface area contributed by atoms with E-state index in [9.17, 15) is 0 Å². The van der Waals surface area contributed by atoms with Gasteiger partial charge >= 0.3 is 0 Å². The van der Waals surface area contributed by atoms with Crippen molar-refractivity contribution in [1.82, 2.24) is 10.3 Å². The summed E-state index contributed by atoms with van der Waals surface area (Å²) in [6.45, 7) is 4.58. The number of para-hydroxylation sites is 1. The Morgan fingerprint density at radius 3 is 3.00 bits per heavy atom. The van der Waals surface area contributed by atoms with Gasteiger partial charge in [-0.05, 0) is 43.7 Å². The van der Waals surface area contributed by atoms with E-state index in [0.29, 0.717) is 6.61 Å². The van der Waals surface area contributed by atoms with E-state index >= 15 is 0 Å². The number of ether oxygens (including phenoxy) is 1. The van der Waals surface area contributed by atoms with E-state index in [1.807, 2.05) is 25.1 Å². The lowest BCUT2D eigenvalue weighted by molar-refractivity contribution is 0.341. The Hall–Kier alpha value is -1.87. The highest BCUT2D eigenvalue weighted by atomic mass is 16.5. The van der Waals surface area contributed by atoms with Crippen molar-refractivity contribution in [2.24, 2.45) is 0 Å². The van der Waals surface area contributed by atoms with Gasteiger partial charge in [0.2, 0.25) is 0 Å². The Bertz CT molecular complexity index is 581. The van der Waals surface area contributed by atoms with E-state index < -0.39 is 0 Å². The molecule has 0 unspecified atom stereocenters. The van der Waals surface area contributed by atoms with Crippen LogP contribution in [0.25, 0.3) is 11.3 Å². The highest BCUT2D eigenvalue weighted by Crippen LogP contribution is 2.29. The molecule has 0 aliphatic carbocycles. The summed E-state index contributed by atoms with van der Waals surface area (Å²) in [7, 11) is 0. The zero-order valence-corrected chi connectivity index (χ0v) is 11.1. The summed E-state index contributed by atoms with van der Waals surface area (Å²) in [6.07, 6.45) is 1.07. The summed E-state index contributed by atoms with van der Waals surface area (Å²) < 4.78 is 5.68. The van der Waals surface area contributed by atoms with Crippen molar-refractivity contribution in [2.45, 2.75) is 19.9 Å². The molecule has 1 N–H and O–H groups in total. The van der Waals surface area contributed by atoms with Gasteiger partial charge < -0.3 is 10.1 Å². The first kappa shape index (κ1) is 12.2. The number of benzene rings is 1. The van der Waals surface area contributed by atoms with Gasteiger partial charge in [-0.15, -0.1) is 0 Å². The minimum absolute atomic E-state index is 0.670. The SMILES string of the molecule is CCOc1ccccc1-c1ccc2c(n1)CNCC2. The fraction of sp³-hybridized carbons (Fsp3) is 0.312. The minimum Gasteiger partial charge on any atom is -0.493 e. The minimum atomic E-state index is 0.670. The number of pyridine rings is 1. The molecule has 19 heavy (non-hydrogen) atoms. The molecule has 2 aromatic rings. The first-order valence-electron chi connectivity index (χ1n) is 6.80. The Labute approximate surface area is 113 Å². The average Bonchev–Trinajstić information content (AvgIpc) is 2.48. The van der Waals surface area contributed by atoms with Crippen LogP contribution in [0.15, 0.2) is 36.4 Å². The Morgan fingerprint density at radius 1 is 1.21 bits per heavy atom. The molecule has 1 aliphatic heterocycles. The first-order chi connectivity index (χ1) is 9.38. The van der Waals surface area contributed by atoms with E-state index in [2.05, 4.69) is 23.5 Å². The van der Waals surface area contributed by atoms with Crippen molar-refractivity contribution in [1.29, 1.82) is 0 Å². The topological polar surface area (TPSA) is 34.1 Å². The second-order valence-corrected chi connectivity index (χ2v) is 4.66. The third kappa shape index (κ3) is 2.47. The summed E-state index contributed by atoms with van der Waals surface area (Å²) in [4.78, 5) is 4.78. The maximum absolute atomic E-state index is 5.68. The highest BCUT2D eigenvalue weighted by Gasteiger charge is 2.13. The van der Waals surface area contributed by atoms with E-state index in [1.54, 1.807) is 0 Å². The number of fused-ring (bicyclic) bond motifs is 1. The van der Waals surface area contributed by atoms with Gasteiger partial charge in [0.15, 0.2) is 0 Å². The van der Waals surface area contributed by atoms with Gasteiger partial charge in [0.1, 0.15) is 5.75 Å². The molecule has 0 saturated heterocycles. The summed E-state index contributed by atoms with van der Waals surface area (Å²) in [5.74, 6) is 0.904. The lowest BCUT2D eigenvalue weighted by Gasteiger charge is -2.17. The summed E-state index contributed by atoms with van der Waals surface area (Å²) in [6, 6.07) is 12.4. The second kappa shape index (κ2) is 5.41. The number of hydrogen-bond donors (Lipinski definition) is 1. The van der Waals surface area contributed by atoms with Crippen molar-refractivity contribution < 1.29 is 4.74 Å². The fourth-order valence-electron chi connectivity index (χ4n) is 2.45. The molecule has 2 heterocycles. The molecular weight excluding hydrogens is 236 g/mol. The number of hydrogen-bond acceptors (Lipinski definition) is 3. The standard InChI is InChI=1S/C16H18N2O/c1-2-19-16-6-4-3-5-13(16)14-8-7-12-9-10-17-11-15(12)18-14/h3-8,17H,2,9-11H2,1H3. The lowest BCUT2D eigenvalue weighted by Crippen LogP contribution is -2.24. The maximum atomic E-state index is 5.68. The van der Waals surface area contributed by atoms with Crippen LogP contribution in [0.2, 0.25) is 0 Å². The first-order valence-corrected chi connectivity index (χ1v) is 6.80. The van der Waals surface area contributed by atoms with Crippen LogP contribution in [0.4, 0.5) is 0 Å². The largest absolute Gasteiger partial charge is 0.493 e. The molecule has 1 aromatic carbocycles. The second-order valence-electron chi connectivity index (χ2n) is 4.66. The number of nitrogens with one attached hydrogen (secondary N) is 1. The van der Waals surface area contributed by atoms with Gasteiger partial charge in [-0.1, -0.05) is 18.2 Å². The Morgan fingerprint density at radius 2 is 2.11 bits per heavy atom. The molecule has 0 bridgehead atoms. The lowest BCUT2D eigenvalue weighted by atomic mass is 10.0. The number of aromatic nitrogens is 1. The van der Waals surface area contributed by atoms with E-state index in [0.717, 1.165) is 42.2 Å². The van der Waals surface area contributed by atoms with Crippen molar-refractivity contribution >= 4 is 0 Å². The maximum Gasteiger partial charge on any atom is 0.128 e. The van der Waals surface area contributed by atoms with Crippen LogP contribution in [-0.2, 0) is 13.0 Å². The fourth-order valence-corrected chi connectivity index (χ4v) is 2.45. The van der Waals surface area contributed by atoms with Gasteiger partial charge in [-0.3, -0.25) is 4.98 Å². The van der Waals surface area contributed by atoms with E-state index in [4.69, 9.17) is 9.72 Å². The van der Waals surface area contributed by atoms with E-state index in [-0.39, 0.29) is 0 Å². The quantitative estimate of drug-likeness (QED) is 0.914. The van der Waals surface area contributed by atoms with Crippen molar-refractivity contribution in [3.63, 3.8) is 0 Å². The molecule has 3 rings (SSSR count). The number of rotatable bonds is 3. The normalized spacial score (nSPS) is 13.9. The van der Waals surface area contributed by atoms with Gasteiger partial charge in [0.05, 0.1) is 18.0 Å². The van der Waals surface area contributed by atoms with Crippen molar-refractivity contribution in [2.75, 3.05) is 13.2 Å². The summed E-state index contributed by atoms with van der Waals surface area (Å²) in [5, 5.41) is 3.37. The predicted molar refractivity (Wildman–Crippen MR) is 76.3 cm³/mol. The Balaban J connectivity index is 2.02. The van der Waals surface area contributed by atoms with E-state index in [1.165, 1.54) is 5.56 Å². The molecule has 0 atom stereocenters. The zero-order chi connectivity index (χ0) is 13.1. The van der Waals surface area contributed by atoms with Crippen LogP contribution in [-0.4, -0.2) is 18.1 Å². The molecule has 0 radical (unpaired) electrons. The number of nitrogens with zero attached hydrogens (tertiary/aromatic N) is 1. The van der Waals surface area contributed by atoms with Crippen LogP contribution in [0, 0.1) is 0 Å². The molecular formula is C16H18N2O. The molecule has 0 saturated carbocycles. The van der Waals surface area contributed by atoms with Gasteiger partial charge in [-0.25, -0.2) is 0 Å². The molecule has 0 fully saturated rings. The third-order valence-corrected chi connectivity index (χ3v) is 3.39. The van der Waals surface area contributed by atoms with Crippen LogP contribution in [0.3, 0.4) is 0 Å². The van der Waals surface area contributed by atoms with Crippen LogP contribution < -0.4 is 10.1 Å². The zero-order valence-electron chi connectivity index (χ0n) is 11.1. The Kier molecular flexibility index (Phi) is 3.47. The van der Waals surface area contributed by atoms with Gasteiger partial charge in [-0.2, -0.15) is 0 Å². The van der Waals surface area contributed by atoms with Crippen molar-refractivity contribution in [3.8, 4) is 17.0 Å². The monoisotopic (exact) mass is 254 g/mol. The highest BCUT2D eigenvalue weighted by molar-refractivity contribution is 5.67. The average molecular weight is 254 g/mol. The molecule has 1 aliphatic rings. The molecule has 3 nitrogen and oxygen atoms in total. The molecule has 98 valence electrons. The van der Waals surface area contributed by atoms with Crippen LogP contribution in [0.5, 0.6) is 5.75 Å². The molecule has 0 amide bonds. The van der Waals surface area contributed by atoms with Crippen molar-refractivity contribution in [3.05, 3.63) is 47.7 Å². The summed E-state index contributed by atoms with van der Waals surface area (Å²) >= 11 is 0. The third-order valence-electron chi connectivity index (χ3n) is 3.39. The van der Waals surface area contributed by atoms with Crippen LogP contribution in [0.1, 0.15) is 18.2 Å². The smallest absolute Gasteiger partial charge is 0.128 e. The van der Waals surface area contributed by atoms with Gasteiger partial charge in [0.25, 0.3) is 0 Å². The molecule has 1 aromatic heterocycles. The molecule has 0 spiro atoms. The summed E-state index contributed by atoms with van der Waals surface area (Å²) in [5.41, 5.74) is 4.58. The predicted octanol–water partition coefficient (Wildman–Crippen LogP) is 2.79. The van der Waals surface area contributed by atoms with Gasteiger partial charge in [0, 0.05) is 12.1 Å². The van der Waals surface area contributed by atoms with Crippen LogP contribution >= 0.6 is 0 Å². The molecule has 3 heteroatoms.